The van der Waals surface area contributed by atoms with Crippen LogP contribution in [0.15, 0.2) is 23.9 Å². The van der Waals surface area contributed by atoms with Crippen LogP contribution in [0, 0.1) is 0 Å². The van der Waals surface area contributed by atoms with E-state index in [0.717, 1.165) is 25.9 Å². The van der Waals surface area contributed by atoms with Gasteiger partial charge < -0.3 is 15.4 Å². The maximum Gasteiger partial charge on any atom is 0.407 e. The zero-order valence-corrected chi connectivity index (χ0v) is 13.5. The van der Waals surface area contributed by atoms with E-state index in [2.05, 4.69) is 34.6 Å². The fraction of sp³-hybridized carbons (Fsp3) is 0.688. The lowest BCUT2D eigenvalue weighted by atomic mass is 10.0. The van der Waals surface area contributed by atoms with Crippen LogP contribution in [0.1, 0.15) is 40.5 Å². The highest BCUT2D eigenvalue weighted by atomic mass is 16.6. The Balaban J connectivity index is 1.76. The Morgan fingerprint density at radius 3 is 2.62 bits per heavy atom. The lowest BCUT2D eigenvalue weighted by Gasteiger charge is -2.37. The van der Waals surface area contributed by atoms with Gasteiger partial charge in [-0.1, -0.05) is 5.57 Å². The number of carbonyl (C=O) groups is 1. The van der Waals surface area contributed by atoms with Gasteiger partial charge in [0.1, 0.15) is 5.60 Å². The molecule has 21 heavy (non-hydrogen) atoms. The summed E-state index contributed by atoms with van der Waals surface area (Å²) in [5.74, 6) is 0. The minimum absolute atomic E-state index is 0.209. The number of alkyl carbamates (subject to hydrolysis) is 1. The Bertz CT molecular complexity index is 429. The molecular formula is C16H27N3O2. The summed E-state index contributed by atoms with van der Waals surface area (Å²) in [5, 5.41) is 6.33. The van der Waals surface area contributed by atoms with Crippen molar-refractivity contribution >= 4 is 6.09 Å². The van der Waals surface area contributed by atoms with Crippen molar-refractivity contribution in [3.05, 3.63) is 23.9 Å². The second-order valence-corrected chi connectivity index (χ2v) is 6.81. The quantitative estimate of drug-likeness (QED) is 0.820. The first kappa shape index (κ1) is 15.9. The normalized spacial score (nSPS) is 24.2. The van der Waals surface area contributed by atoms with E-state index in [9.17, 15) is 4.79 Å². The van der Waals surface area contributed by atoms with Crippen LogP contribution in [0.25, 0.3) is 0 Å². The molecule has 2 heterocycles. The number of likely N-dealkylation sites (tertiary alicyclic amines) is 1. The van der Waals surface area contributed by atoms with E-state index in [1.807, 2.05) is 27.0 Å². The van der Waals surface area contributed by atoms with Gasteiger partial charge in [0.15, 0.2) is 0 Å². The van der Waals surface area contributed by atoms with Gasteiger partial charge in [-0.3, -0.25) is 4.90 Å². The van der Waals surface area contributed by atoms with Crippen LogP contribution in [0.4, 0.5) is 4.79 Å². The van der Waals surface area contributed by atoms with Crippen LogP contribution >= 0.6 is 0 Å². The number of carbonyl (C=O) groups excluding carboxylic acids is 1. The van der Waals surface area contributed by atoms with Crippen molar-refractivity contribution in [2.75, 3.05) is 13.1 Å². The first-order valence-corrected chi connectivity index (χ1v) is 7.68. The van der Waals surface area contributed by atoms with Crippen molar-refractivity contribution < 1.29 is 9.53 Å². The molecule has 0 bridgehead atoms. The Morgan fingerprint density at radius 2 is 2.05 bits per heavy atom. The molecule has 1 atom stereocenters. The molecule has 1 fully saturated rings. The third kappa shape index (κ3) is 5.08. The lowest BCUT2D eigenvalue weighted by molar-refractivity contribution is 0.0471. The Morgan fingerprint density at radius 1 is 1.38 bits per heavy atom. The van der Waals surface area contributed by atoms with Gasteiger partial charge in [-0.2, -0.15) is 0 Å². The molecule has 0 aromatic rings. The molecule has 0 aromatic heterocycles. The van der Waals surface area contributed by atoms with Gasteiger partial charge in [0, 0.05) is 19.1 Å². The maximum atomic E-state index is 11.8. The summed E-state index contributed by atoms with van der Waals surface area (Å²) in [7, 11) is 0. The van der Waals surface area contributed by atoms with Crippen LogP contribution in [-0.4, -0.2) is 41.9 Å². The molecule has 2 aliphatic heterocycles. The number of hydrogen-bond donors (Lipinski definition) is 2. The molecular weight excluding hydrogens is 266 g/mol. The summed E-state index contributed by atoms with van der Waals surface area (Å²) < 4.78 is 5.30. The second kappa shape index (κ2) is 6.52. The number of piperidine rings is 1. The standard InChI is InChI=1S/C16H27N3O2/c1-12-5-8-17-14(11-12)19-9-6-13(7-10-19)18-15(20)21-16(2,3)4/h5,8,11,13-14,17H,6-7,9-10H2,1-4H3,(H,18,20). The van der Waals surface area contributed by atoms with E-state index in [1.165, 1.54) is 5.57 Å². The largest absolute Gasteiger partial charge is 0.444 e. The molecule has 0 aromatic carbocycles. The maximum absolute atomic E-state index is 11.8. The molecule has 0 aliphatic carbocycles. The number of amides is 1. The minimum atomic E-state index is -0.439. The van der Waals surface area contributed by atoms with Crippen LogP contribution in [0.2, 0.25) is 0 Å². The smallest absolute Gasteiger partial charge is 0.407 e. The van der Waals surface area contributed by atoms with E-state index in [0.29, 0.717) is 0 Å². The average Bonchev–Trinajstić information content (AvgIpc) is 2.37. The first-order valence-electron chi connectivity index (χ1n) is 7.68. The van der Waals surface area contributed by atoms with Crippen molar-refractivity contribution in [3.8, 4) is 0 Å². The summed E-state index contributed by atoms with van der Waals surface area (Å²) in [6.07, 6.45) is 8.19. The van der Waals surface area contributed by atoms with E-state index in [1.54, 1.807) is 0 Å². The monoisotopic (exact) mass is 293 g/mol. The summed E-state index contributed by atoms with van der Waals surface area (Å²) >= 11 is 0. The number of hydrogen-bond acceptors (Lipinski definition) is 4. The Hall–Kier alpha value is -1.49. The molecule has 5 nitrogen and oxygen atoms in total. The first-order chi connectivity index (χ1) is 9.83. The Labute approximate surface area is 127 Å². The molecule has 2 N–H and O–H groups in total. The summed E-state index contributed by atoms with van der Waals surface area (Å²) in [6, 6.07) is 0.209. The predicted molar refractivity (Wildman–Crippen MR) is 83.8 cm³/mol. The summed E-state index contributed by atoms with van der Waals surface area (Å²) in [4.78, 5) is 14.2. The van der Waals surface area contributed by atoms with Gasteiger partial charge in [-0.05, 0) is 58.9 Å². The number of nitrogens with zero attached hydrogens (tertiary/aromatic N) is 1. The summed E-state index contributed by atoms with van der Waals surface area (Å²) in [5.41, 5.74) is 0.846. The van der Waals surface area contributed by atoms with Gasteiger partial charge >= 0.3 is 6.09 Å². The van der Waals surface area contributed by atoms with E-state index in [-0.39, 0.29) is 18.3 Å². The Kier molecular flexibility index (Phi) is 4.93. The number of dihydropyridines is 1. The third-order valence-electron chi connectivity index (χ3n) is 3.68. The highest BCUT2D eigenvalue weighted by Crippen LogP contribution is 2.16. The van der Waals surface area contributed by atoms with E-state index >= 15 is 0 Å². The number of ether oxygens (including phenoxy) is 1. The van der Waals surface area contributed by atoms with Crippen molar-refractivity contribution in [3.63, 3.8) is 0 Å². The highest BCUT2D eigenvalue weighted by molar-refractivity contribution is 5.68. The van der Waals surface area contributed by atoms with Crippen molar-refractivity contribution in [2.45, 2.75) is 58.3 Å². The molecule has 0 spiro atoms. The molecule has 1 saturated heterocycles. The van der Waals surface area contributed by atoms with Crippen LogP contribution < -0.4 is 10.6 Å². The number of allylic oxidation sites excluding steroid dienone is 2. The molecule has 0 radical (unpaired) electrons. The average molecular weight is 293 g/mol. The van der Waals surface area contributed by atoms with Crippen molar-refractivity contribution in [1.29, 1.82) is 0 Å². The molecule has 0 saturated carbocycles. The number of nitrogens with one attached hydrogen (secondary N) is 2. The van der Waals surface area contributed by atoms with Crippen LogP contribution in [-0.2, 0) is 4.74 Å². The molecule has 1 unspecified atom stereocenters. The van der Waals surface area contributed by atoms with Gasteiger partial charge in [0.2, 0.25) is 0 Å². The SMILES string of the molecule is CC1=CC(N2CCC(NC(=O)OC(C)(C)C)CC2)NC=C1. The highest BCUT2D eigenvalue weighted by Gasteiger charge is 2.26. The van der Waals surface area contributed by atoms with Gasteiger partial charge in [0.05, 0.1) is 6.17 Å². The van der Waals surface area contributed by atoms with Gasteiger partial charge in [-0.25, -0.2) is 4.79 Å². The van der Waals surface area contributed by atoms with Crippen LogP contribution in [0.5, 0.6) is 0 Å². The molecule has 5 heteroatoms. The topological polar surface area (TPSA) is 53.6 Å². The molecule has 2 aliphatic rings. The molecule has 1 amide bonds. The van der Waals surface area contributed by atoms with Gasteiger partial charge in [0.25, 0.3) is 0 Å². The van der Waals surface area contributed by atoms with Crippen molar-refractivity contribution in [2.24, 2.45) is 0 Å². The predicted octanol–water partition coefficient (Wildman–Crippen LogP) is 2.36. The lowest BCUT2D eigenvalue weighted by Crippen LogP contribution is -2.51. The fourth-order valence-electron chi connectivity index (χ4n) is 2.64. The number of rotatable bonds is 2. The second-order valence-electron chi connectivity index (χ2n) is 6.81. The fourth-order valence-corrected chi connectivity index (χ4v) is 2.64. The van der Waals surface area contributed by atoms with Gasteiger partial charge in [-0.15, -0.1) is 0 Å². The summed E-state index contributed by atoms with van der Waals surface area (Å²) in [6.45, 7) is 9.69. The minimum Gasteiger partial charge on any atom is -0.444 e. The van der Waals surface area contributed by atoms with Crippen LogP contribution in [0.3, 0.4) is 0 Å². The zero-order valence-electron chi connectivity index (χ0n) is 13.5. The van der Waals surface area contributed by atoms with E-state index < -0.39 is 5.60 Å². The third-order valence-corrected chi connectivity index (χ3v) is 3.68. The van der Waals surface area contributed by atoms with E-state index in [4.69, 9.17) is 4.74 Å². The van der Waals surface area contributed by atoms with Crippen molar-refractivity contribution in [1.82, 2.24) is 15.5 Å². The zero-order chi connectivity index (χ0) is 15.5. The molecule has 118 valence electrons. The molecule has 2 rings (SSSR count).